The van der Waals surface area contributed by atoms with E-state index in [1.165, 1.54) is 6.92 Å². The SMILES string of the molecule is CCCCNC(=O)COC(C)=O. The number of nitrogens with one attached hydrogen (secondary N) is 1. The van der Waals surface area contributed by atoms with Crippen LogP contribution in [0.1, 0.15) is 26.7 Å². The van der Waals surface area contributed by atoms with E-state index in [1.54, 1.807) is 0 Å². The quantitative estimate of drug-likeness (QED) is 0.485. The van der Waals surface area contributed by atoms with Crippen molar-refractivity contribution in [3.05, 3.63) is 0 Å². The van der Waals surface area contributed by atoms with Crippen molar-refractivity contribution in [3.63, 3.8) is 0 Å². The molecule has 0 radical (unpaired) electrons. The first-order valence-corrected chi connectivity index (χ1v) is 4.07. The molecule has 4 heteroatoms. The lowest BCUT2D eigenvalue weighted by atomic mass is 10.3. The summed E-state index contributed by atoms with van der Waals surface area (Å²) in [6.07, 6.45) is 1.99. The van der Waals surface area contributed by atoms with Gasteiger partial charge in [0.2, 0.25) is 0 Å². The second kappa shape index (κ2) is 6.64. The lowest BCUT2D eigenvalue weighted by Crippen LogP contribution is -2.29. The number of esters is 1. The minimum atomic E-state index is -0.430. The maximum absolute atomic E-state index is 10.8. The Bertz CT molecular complexity index is 156. The summed E-state index contributed by atoms with van der Waals surface area (Å²) < 4.78 is 4.48. The van der Waals surface area contributed by atoms with Crippen LogP contribution in [0.5, 0.6) is 0 Å². The van der Waals surface area contributed by atoms with Gasteiger partial charge < -0.3 is 10.1 Å². The fourth-order valence-corrected chi connectivity index (χ4v) is 0.623. The average molecular weight is 173 g/mol. The van der Waals surface area contributed by atoms with Gasteiger partial charge in [0.05, 0.1) is 0 Å². The molecule has 0 saturated heterocycles. The van der Waals surface area contributed by atoms with E-state index in [1.807, 2.05) is 6.92 Å². The molecule has 0 fully saturated rings. The lowest BCUT2D eigenvalue weighted by Gasteiger charge is -2.03. The van der Waals surface area contributed by atoms with E-state index in [4.69, 9.17) is 0 Å². The minimum absolute atomic E-state index is 0.168. The first-order chi connectivity index (χ1) is 5.66. The molecule has 0 rings (SSSR count). The predicted molar refractivity (Wildman–Crippen MR) is 44.6 cm³/mol. The minimum Gasteiger partial charge on any atom is -0.456 e. The highest BCUT2D eigenvalue weighted by atomic mass is 16.5. The smallest absolute Gasteiger partial charge is 0.303 e. The molecule has 0 spiro atoms. The first-order valence-electron chi connectivity index (χ1n) is 4.07. The molecule has 0 saturated carbocycles. The van der Waals surface area contributed by atoms with Gasteiger partial charge in [-0.15, -0.1) is 0 Å². The van der Waals surface area contributed by atoms with E-state index in [2.05, 4.69) is 10.1 Å². The topological polar surface area (TPSA) is 55.4 Å². The van der Waals surface area contributed by atoms with Gasteiger partial charge in [-0.05, 0) is 6.42 Å². The molecule has 0 heterocycles. The number of hydrogen-bond acceptors (Lipinski definition) is 3. The summed E-state index contributed by atoms with van der Waals surface area (Å²) in [5.74, 6) is -0.667. The Labute approximate surface area is 72.3 Å². The van der Waals surface area contributed by atoms with Crippen molar-refractivity contribution in [1.82, 2.24) is 5.32 Å². The van der Waals surface area contributed by atoms with E-state index in [9.17, 15) is 9.59 Å². The van der Waals surface area contributed by atoms with Crippen LogP contribution in [-0.4, -0.2) is 25.0 Å². The molecule has 0 aromatic carbocycles. The van der Waals surface area contributed by atoms with Crippen molar-refractivity contribution in [1.29, 1.82) is 0 Å². The molecule has 0 aliphatic rings. The zero-order valence-corrected chi connectivity index (χ0v) is 7.55. The van der Waals surface area contributed by atoms with Crippen LogP contribution in [0.3, 0.4) is 0 Å². The highest BCUT2D eigenvalue weighted by Crippen LogP contribution is 1.83. The number of unbranched alkanes of at least 4 members (excludes halogenated alkanes) is 1. The highest BCUT2D eigenvalue weighted by Gasteiger charge is 2.01. The summed E-state index contributed by atoms with van der Waals surface area (Å²) in [5.41, 5.74) is 0. The summed E-state index contributed by atoms with van der Waals surface area (Å²) in [7, 11) is 0. The monoisotopic (exact) mass is 173 g/mol. The number of hydrogen-bond donors (Lipinski definition) is 1. The second-order valence-corrected chi connectivity index (χ2v) is 2.48. The number of ether oxygens (including phenoxy) is 1. The van der Waals surface area contributed by atoms with E-state index in [-0.39, 0.29) is 12.5 Å². The fourth-order valence-electron chi connectivity index (χ4n) is 0.623. The summed E-state index contributed by atoms with van der Waals surface area (Å²) in [5, 5.41) is 2.62. The van der Waals surface area contributed by atoms with Crippen LogP contribution in [-0.2, 0) is 14.3 Å². The zero-order valence-electron chi connectivity index (χ0n) is 7.55. The van der Waals surface area contributed by atoms with Crippen molar-refractivity contribution < 1.29 is 14.3 Å². The Balaban J connectivity index is 3.28. The number of carbonyl (C=O) groups is 2. The molecule has 0 aromatic heterocycles. The van der Waals surface area contributed by atoms with E-state index >= 15 is 0 Å². The molecular formula is C8H15NO3. The van der Waals surface area contributed by atoms with E-state index in [0.29, 0.717) is 6.54 Å². The third-order valence-electron chi connectivity index (χ3n) is 1.26. The van der Waals surface area contributed by atoms with Crippen molar-refractivity contribution in [2.24, 2.45) is 0 Å². The number of amides is 1. The van der Waals surface area contributed by atoms with Crippen LogP contribution in [0, 0.1) is 0 Å². The van der Waals surface area contributed by atoms with Crippen molar-refractivity contribution in [3.8, 4) is 0 Å². The van der Waals surface area contributed by atoms with E-state index in [0.717, 1.165) is 12.8 Å². The van der Waals surface area contributed by atoms with Gasteiger partial charge in [0, 0.05) is 13.5 Å². The van der Waals surface area contributed by atoms with E-state index < -0.39 is 5.97 Å². The summed E-state index contributed by atoms with van der Waals surface area (Å²) in [6.45, 7) is 3.80. The molecular weight excluding hydrogens is 158 g/mol. The highest BCUT2D eigenvalue weighted by molar-refractivity contribution is 5.79. The van der Waals surface area contributed by atoms with Gasteiger partial charge in [-0.25, -0.2) is 0 Å². The normalized spacial score (nSPS) is 9.17. The van der Waals surface area contributed by atoms with Gasteiger partial charge >= 0.3 is 5.97 Å². The van der Waals surface area contributed by atoms with Gasteiger partial charge in [-0.1, -0.05) is 13.3 Å². The third-order valence-corrected chi connectivity index (χ3v) is 1.26. The van der Waals surface area contributed by atoms with Gasteiger partial charge in [-0.3, -0.25) is 9.59 Å². The lowest BCUT2D eigenvalue weighted by molar-refractivity contribution is -0.146. The molecule has 1 N–H and O–H groups in total. The predicted octanol–water partition coefficient (Wildman–Crippen LogP) is 0.466. The van der Waals surface area contributed by atoms with Gasteiger partial charge in [0.25, 0.3) is 5.91 Å². The largest absolute Gasteiger partial charge is 0.456 e. The zero-order chi connectivity index (χ0) is 9.40. The molecule has 0 aliphatic carbocycles. The Hall–Kier alpha value is -1.06. The maximum atomic E-state index is 10.8. The standard InChI is InChI=1S/C8H15NO3/c1-3-4-5-9-8(11)6-12-7(2)10/h3-6H2,1-2H3,(H,9,11). The van der Waals surface area contributed by atoms with Crippen LogP contribution in [0.4, 0.5) is 0 Å². The Morgan fingerprint density at radius 3 is 2.58 bits per heavy atom. The molecule has 1 amide bonds. The third kappa shape index (κ3) is 7.05. The Kier molecular flexibility index (Phi) is 6.05. The Morgan fingerprint density at radius 1 is 1.42 bits per heavy atom. The summed E-state index contributed by atoms with van der Waals surface area (Å²) in [4.78, 5) is 21.1. The van der Waals surface area contributed by atoms with Gasteiger partial charge in [0.1, 0.15) is 0 Å². The molecule has 4 nitrogen and oxygen atoms in total. The Morgan fingerprint density at radius 2 is 2.08 bits per heavy atom. The summed E-state index contributed by atoms with van der Waals surface area (Å²) >= 11 is 0. The van der Waals surface area contributed by atoms with Crippen LogP contribution in [0.2, 0.25) is 0 Å². The fraction of sp³-hybridized carbons (Fsp3) is 0.750. The molecule has 70 valence electrons. The molecule has 0 aromatic rings. The first kappa shape index (κ1) is 10.9. The van der Waals surface area contributed by atoms with Crippen LogP contribution in [0.15, 0.2) is 0 Å². The average Bonchev–Trinajstić information content (AvgIpc) is 2.01. The second-order valence-electron chi connectivity index (χ2n) is 2.48. The number of rotatable bonds is 5. The molecule has 0 atom stereocenters. The summed E-state index contributed by atoms with van der Waals surface area (Å²) in [6, 6.07) is 0. The molecule has 0 unspecified atom stereocenters. The molecule has 0 bridgehead atoms. The van der Waals surface area contributed by atoms with Crippen molar-refractivity contribution in [2.45, 2.75) is 26.7 Å². The van der Waals surface area contributed by atoms with Gasteiger partial charge in [0.15, 0.2) is 6.61 Å². The van der Waals surface area contributed by atoms with Crippen molar-refractivity contribution in [2.75, 3.05) is 13.2 Å². The maximum Gasteiger partial charge on any atom is 0.303 e. The van der Waals surface area contributed by atoms with Crippen molar-refractivity contribution >= 4 is 11.9 Å². The number of carbonyl (C=O) groups excluding carboxylic acids is 2. The van der Waals surface area contributed by atoms with Crippen LogP contribution in [0.25, 0.3) is 0 Å². The van der Waals surface area contributed by atoms with Crippen LogP contribution < -0.4 is 5.32 Å². The molecule has 12 heavy (non-hydrogen) atoms. The molecule has 0 aliphatic heterocycles. The van der Waals surface area contributed by atoms with Gasteiger partial charge in [-0.2, -0.15) is 0 Å². The van der Waals surface area contributed by atoms with Crippen LogP contribution >= 0.6 is 0 Å².